The van der Waals surface area contributed by atoms with E-state index in [1.54, 1.807) is 6.07 Å². The molecule has 2 atom stereocenters. The maximum absolute atomic E-state index is 13.4. The van der Waals surface area contributed by atoms with Crippen LogP contribution in [0.1, 0.15) is 25.3 Å². The van der Waals surface area contributed by atoms with Gasteiger partial charge in [0.2, 0.25) is 0 Å². The van der Waals surface area contributed by atoms with Gasteiger partial charge in [-0.25, -0.2) is 4.39 Å². The highest BCUT2D eigenvalue weighted by Crippen LogP contribution is 2.57. The zero-order chi connectivity index (χ0) is 10.5. The number of rotatable bonds is 1. The number of phenolic OH excluding ortho intramolecular Hbond substituents is 1. The Balaban J connectivity index is 2.36. The van der Waals surface area contributed by atoms with Crippen molar-refractivity contribution in [1.29, 1.82) is 0 Å². The highest BCUT2D eigenvalue weighted by Gasteiger charge is 2.56. The van der Waals surface area contributed by atoms with Crippen molar-refractivity contribution in [2.24, 2.45) is 11.1 Å². The molecule has 0 bridgehead atoms. The maximum Gasteiger partial charge on any atom is 0.130 e. The Morgan fingerprint density at radius 1 is 1.43 bits per heavy atom. The topological polar surface area (TPSA) is 46.2 Å². The van der Waals surface area contributed by atoms with Crippen molar-refractivity contribution < 1.29 is 9.50 Å². The first-order valence-corrected chi connectivity index (χ1v) is 4.68. The molecule has 3 heteroatoms. The minimum atomic E-state index is -0.365. The zero-order valence-electron chi connectivity index (χ0n) is 8.29. The van der Waals surface area contributed by atoms with E-state index in [1.807, 2.05) is 13.8 Å². The van der Waals surface area contributed by atoms with Crippen LogP contribution in [0.4, 0.5) is 4.39 Å². The van der Waals surface area contributed by atoms with Crippen molar-refractivity contribution in [1.82, 2.24) is 0 Å². The molecule has 0 aliphatic heterocycles. The molecule has 1 fully saturated rings. The SMILES string of the molecule is CC1(C)[C@@H](N)[C@@H]1c1ccc(O)cc1F. The summed E-state index contributed by atoms with van der Waals surface area (Å²) in [6.45, 7) is 4.04. The number of hydrogen-bond donors (Lipinski definition) is 2. The van der Waals surface area contributed by atoms with Crippen molar-refractivity contribution in [3.8, 4) is 5.75 Å². The normalized spacial score (nSPS) is 28.9. The molecule has 1 aliphatic rings. The molecule has 0 radical (unpaired) electrons. The van der Waals surface area contributed by atoms with Gasteiger partial charge >= 0.3 is 0 Å². The second kappa shape index (κ2) is 2.70. The third-order valence-corrected chi connectivity index (χ3v) is 3.23. The predicted octanol–water partition coefficient (Wildman–Crippen LogP) is 1.98. The molecule has 14 heavy (non-hydrogen) atoms. The van der Waals surface area contributed by atoms with Gasteiger partial charge < -0.3 is 10.8 Å². The summed E-state index contributed by atoms with van der Waals surface area (Å²) in [7, 11) is 0. The van der Waals surface area contributed by atoms with Crippen LogP contribution in [0.3, 0.4) is 0 Å². The summed E-state index contributed by atoms with van der Waals surface area (Å²) in [5, 5.41) is 9.06. The lowest BCUT2D eigenvalue weighted by Gasteiger charge is -2.04. The Morgan fingerprint density at radius 3 is 2.43 bits per heavy atom. The third-order valence-electron chi connectivity index (χ3n) is 3.23. The van der Waals surface area contributed by atoms with Gasteiger partial charge in [-0.1, -0.05) is 19.9 Å². The second-order valence-electron chi connectivity index (χ2n) is 4.53. The molecule has 1 aromatic rings. The summed E-state index contributed by atoms with van der Waals surface area (Å²) in [6, 6.07) is 4.27. The number of aromatic hydroxyl groups is 1. The molecule has 0 saturated heterocycles. The number of nitrogens with two attached hydrogens (primary N) is 1. The Hall–Kier alpha value is -1.09. The first-order chi connectivity index (χ1) is 6.44. The highest BCUT2D eigenvalue weighted by molar-refractivity contribution is 5.38. The third kappa shape index (κ3) is 1.20. The fourth-order valence-electron chi connectivity index (χ4n) is 2.04. The van der Waals surface area contributed by atoms with Crippen LogP contribution in [-0.4, -0.2) is 11.1 Å². The van der Waals surface area contributed by atoms with Crippen LogP contribution in [-0.2, 0) is 0 Å². The van der Waals surface area contributed by atoms with Crippen LogP contribution in [0.15, 0.2) is 18.2 Å². The molecule has 0 unspecified atom stereocenters. The van der Waals surface area contributed by atoms with E-state index in [0.29, 0.717) is 5.56 Å². The van der Waals surface area contributed by atoms with Crippen LogP contribution in [0.5, 0.6) is 5.75 Å². The lowest BCUT2D eigenvalue weighted by molar-refractivity contribution is 0.467. The van der Waals surface area contributed by atoms with Gasteiger partial charge in [0, 0.05) is 18.0 Å². The standard InChI is InChI=1S/C11H14FNO/c1-11(2)9(10(11)13)7-4-3-6(14)5-8(7)12/h3-5,9-10,14H,13H2,1-2H3/t9-,10-/m0/s1. The van der Waals surface area contributed by atoms with Crippen molar-refractivity contribution in [3.63, 3.8) is 0 Å². The Bertz CT molecular complexity index is 376. The fourth-order valence-corrected chi connectivity index (χ4v) is 2.04. The number of benzene rings is 1. The predicted molar refractivity (Wildman–Crippen MR) is 52.6 cm³/mol. The molecule has 1 aliphatic carbocycles. The maximum atomic E-state index is 13.4. The number of phenols is 1. The molecule has 2 rings (SSSR count). The average molecular weight is 195 g/mol. The van der Waals surface area contributed by atoms with Gasteiger partial charge in [0.05, 0.1) is 0 Å². The van der Waals surface area contributed by atoms with E-state index in [9.17, 15) is 4.39 Å². The average Bonchev–Trinajstić information content (AvgIpc) is 2.54. The summed E-state index contributed by atoms with van der Waals surface area (Å²) in [5.74, 6) is -0.336. The molecule has 0 amide bonds. The smallest absolute Gasteiger partial charge is 0.130 e. The van der Waals surface area contributed by atoms with E-state index in [1.165, 1.54) is 6.07 Å². The van der Waals surface area contributed by atoms with Crippen LogP contribution in [0, 0.1) is 11.2 Å². The number of hydrogen-bond acceptors (Lipinski definition) is 2. The van der Waals surface area contributed by atoms with E-state index in [2.05, 4.69) is 0 Å². The molecule has 76 valence electrons. The molecule has 0 aromatic heterocycles. The van der Waals surface area contributed by atoms with Crippen molar-refractivity contribution in [3.05, 3.63) is 29.6 Å². The molecule has 1 aromatic carbocycles. The Labute approximate surface area is 82.5 Å². The highest BCUT2D eigenvalue weighted by atomic mass is 19.1. The van der Waals surface area contributed by atoms with Crippen molar-refractivity contribution >= 4 is 0 Å². The number of halogens is 1. The first-order valence-electron chi connectivity index (χ1n) is 4.68. The van der Waals surface area contributed by atoms with Gasteiger partial charge in [0.1, 0.15) is 11.6 Å². The summed E-state index contributed by atoms with van der Waals surface area (Å²) >= 11 is 0. The van der Waals surface area contributed by atoms with E-state index in [4.69, 9.17) is 10.8 Å². The van der Waals surface area contributed by atoms with Gasteiger partial charge in [0.25, 0.3) is 0 Å². The summed E-state index contributed by atoms with van der Waals surface area (Å²) in [4.78, 5) is 0. The van der Waals surface area contributed by atoms with Crippen LogP contribution < -0.4 is 5.73 Å². The van der Waals surface area contributed by atoms with Gasteiger partial charge in [-0.15, -0.1) is 0 Å². The second-order valence-corrected chi connectivity index (χ2v) is 4.53. The van der Waals surface area contributed by atoms with Crippen LogP contribution in [0.2, 0.25) is 0 Å². The lowest BCUT2D eigenvalue weighted by Crippen LogP contribution is -2.06. The Morgan fingerprint density at radius 2 is 2.00 bits per heavy atom. The molecular weight excluding hydrogens is 181 g/mol. The van der Waals surface area contributed by atoms with E-state index in [-0.39, 0.29) is 28.9 Å². The lowest BCUT2D eigenvalue weighted by atomic mass is 10.0. The quantitative estimate of drug-likeness (QED) is 0.719. The van der Waals surface area contributed by atoms with Crippen LogP contribution >= 0.6 is 0 Å². The molecule has 0 heterocycles. The summed E-state index contributed by atoms with van der Waals surface area (Å²) < 4.78 is 13.4. The minimum absolute atomic E-state index is 0.0153. The molecule has 2 nitrogen and oxygen atoms in total. The van der Waals surface area contributed by atoms with Gasteiger partial charge in [-0.3, -0.25) is 0 Å². The van der Waals surface area contributed by atoms with E-state index >= 15 is 0 Å². The van der Waals surface area contributed by atoms with E-state index < -0.39 is 0 Å². The summed E-state index contributed by atoms with van der Waals surface area (Å²) in [6.07, 6.45) is 0. The monoisotopic (exact) mass is 195 g/mol. The van der Waals surface area contributed by atoms with Gasteiger partial charge in [0.15, 0.2) is 0 Å². The molecule has 1 saturated carbocycles. The minimum Gasteiger partial charge on any atom is -0.508 e. The first kappa shape index (κ1) is 9.46. The summed E-state index contributed by atoms with van der Waals surface area (Å²) in [5.41, 5.74) is 6.44. The van der Waals surface area contributed by atoms with Crippen LogP contribution in [0.25, 0.3) is 0 Å². The molecule has 0 spiro atoms. The van der Waals surface area contributed by atoms with Gasteiger partial charge in [-0.05, 0) is 17.0 Å². The molecule has 3 N–H and O–H groups in total. The largest absolute Gasteiger partial charge is 0.508 e. The molecular formula is C11H14FNO. The van der Waals surface area contributed by atoms with Gasteiger partial charge in [-0.2, -0.15) is 0 Å². The van der Waals surface area contributed by atoms with Crippen molar-refractivity contribution in [2.75, 3.05) is 0 Å². The fraction of sp³-hybridized carbons (Fsp3) is 0.455. The zero-order valence-corrected chi connectivity index (χ0v) is 8.29. The Kier molecular flexibility index (Phi) is 1.83. The van der Waals surface area contributed by atoms with E-state index in [0.717, 1.165) is 6.07 Å². The van der Waals surface area contributed by atoms with Crippen molar-refractivity contribution in [2.45, 2.75) is 25.8 Å².